The largest absolute Gasteiger partial charge is 0.488 e. The fourth-order valence-corrected chi connectivity index (χ4v) is 10.0. The molecular weight excluding hydrogens is 961 g/mol. The Balaban J connectivity index is 0.000000661. The highest BCUT2D eigenvalue weighted by Gasteiger charge is 2.43. The number of nitrogens with one attached hydrogen (secondary N) is 4. The molecule has 3 aliphatic heterocycles. The van der Waals surface area contributed by atoms with Gasteiger partial charge in [-0.2, -0.15) is 0 Å². The van der Waals surface area contributed by atoms with Crippen LogP contribution in [-0.2, 0) is 35.3 Å². The zero-order chi connectivity index (χ0) is 53.1. The lowest BCUT2D eigenvalue weighted by Crippen LogP contribution is -2.52. The van der Waals surface area contributed by atoms with Crippen molar-refractivity contribution in [2.24, 2.45) is 11.8 Å². The highest BCUT2D eigenvalue weighted by molar-refractivity contribution is 6.07. The number of methoxy groups -OCH3 is 2. The Bertz CT molecular complexity index is 3070. The zero-order valence-electron chi connectivity index (χ0n) is 41.1. The number of carbonyl (C=O) groups is 6. The summed E-state index contributed by atoms with van der Waals surface area (Å²) in [5.41, 5.74) is 7.01. The van der Waals surface area contributed by atoms with Gasteiger partial charge >= 0.3 is 24.1 Å². The Kier molecular flexibility index (Phi) is 15.5. The van der Waals surface area contributed by atoms with Crippen molar-refractivity contribution in [1.29, 1.82) is 0 Å². The first-order valence-corrected chi connectivity index (χ1v) is 24.0. The van der Waals surface area contributed by atoms with Gasteiger partial charge in [-0.1, -0.05) is 62.4 Å². The number of carboxylic acid groups (broad SMARTS) is 3. The molecule has 4 aromatic carbocycles. The number of aromatic nitrogens is 4. The number of aliphatic hydroxyl groups excluding tert-OH is 2. The molecule has 22 nitrogen and oxygen atoms in total. The third-order valence-corrected chi connectivity index (χ3v) is 13.7. The molecule has 74 heavy (non-hydrogen) atoms. The van der Waals surface area contributed by atoms with Gasteiger partial charge in [0.15, 0.2) is 12.2 Å². The monoisotopic (exact) mass is 1020 g/mol. The molecule has 9 rings (SSSR count). The number of likely N-dealkylation sites (tertiary alicyclic amines) is 2. The van der Waals surface area contributed by atoms with Gasteiger partial charge in [0.2, 0.25) is 5.91 Å². The third kappa shape index (κ3) is 10.7. The SMILES string of the molecule is COC[C@H]1C[C@@H](c2ncc(-c3ccc4c(c3)COc3cc5c(ccc6nc([C@@H]7CC[C@H](C)N7C(=O)[C@@H](NC(=O)O)C(C)C)[nH]c65)cc3-4)[nH]2)N(C(=O)[C@H](NC(=O)OC)c2ccccc2)C1.O=C(O)C(O)C(O)C(=O)O. The summed E-state index contributed by atoms with van der Waals surface area (Å²) < 4.78 is 16.8. The van der Waals surface area contributed by atoms with E-state index in [1.54, 1.807) is 35.2 Å². The number of amides is 4. The van der Waals surface area contributed by atoms with E-state index in [0.29, 0.717) is 49.8 Å². The predicted molar refractivity (Wildman–Crippen MR) is 265 cm³/mol. The number of hydrogen-bond acceptors (Lipinski definition) is 13. The number of nitrogens with zero attached hydrogens (tertiary/aromatic N) is 4. The topological polar surface area (TPSA) is 319 Å². The van der Waals surface area contributed by atoms with E-state index >= 15 is 0 Å². The molecule has 4 amide bonds. The van der Waals surface area contributed by atoms with E-state index in [1.807, 2.05) is 57.2 Å². The number of imidazole rings is 2. The van der Waals surface area contributed by atoms with Gasteiger partial charge in [-0.25, -0.2) is 29.1 Å². The first-order valence-electron chi connectivity index (χ1n) is 24.0. The standard InChI is InChI=1S/C48H52N8O8.C4H6O6/c1-25(2)40(53-47(59)60)46(58)56-26(3)11-16-37(56)44-50-35-15-13-29-19-34-32-14-12-30(18-31(32)24-64-39(34)20-33(29)42(35)52-44)36-21-49-43(51-36)38-17-27(23-62-4)22-55(38)45(57)41(54-48(61)63-5)28-9-7-6-8-10-28;5-1(3(7)8)2(6)4(9)10/h6-10,12-15,18-21,25-27,37-38,40-41,53H,11,16-17,22-24H2,1-5H3,(H,49,51)(H,50,52)(H,54,61)(H,59,60);1-2,5-6H,(H,7,8)(H,9,10)/t26-,27-,37-,38-,40-,41+;/m0./s1. The van der Waals surface area contributed by atoms with E-state index in [4.69, 9.17) is 44.6 Å². The van der Waals surface area contributed by atoms with Crippen molar-refractivity contribution in [3.05, 3.63) is 102 Å². The van der Waals surface area contributed by atoms with Gasteiger partial charge in [0.05, 0.1) is 48.7 Å². The molecule has 2 saturated heterocycles. The minimum Gasteiger partial charge on any atom is -0.488 e. The highest BCUT2D eigenvalue weighted by atomic mass is 16.5. The fraction of sp³-hybridized carbons (Fsp3) is 0.385. The molecule has 0 bridgehead atoms. The van der Waals surface area contributed by atoms with Crippen LogP contribution in [0, 0.1) is 11.8 Å². The second-order valence-corrected chi connectivity index (χ2v) is 19.0. The van der Waals surface area contributed by atoms with Crippen molar-refractivity contribution >= 4 is 57.7 Å². The van der Waals surface area contributed by atoms with Gasteiger partial charge in [-0.05, 0) is 84.0 Å². The van der Waals surface area contributed by atoms with E-state index in [0.717, 1.165) is 61.9 Å². The van der Waals surface area contributed by atoms with Crippen LogP contribution in [0.2, 0.25) is 0 Å². The van der Waals surface area contributed by atoms with Gasteiger partial charge in [-0.15, -0.1) is 0 Å². The lowest BCUT2D eigenvalue weighted by molar-refractivity contribution is -0.165. The summed E-state index contributed by atoms with van der Waals surface area (Å²) >= 11 is 0. The van der Waals surface area contributed by atoms with Crippen LogP contribution in [0.3, 0.4) is 0 Å². The number of hydrogen-bond donors (Lipinski definition) is 9. The van der Waals surface area contributed by atoms with Crippen molar-refractivity contribution in [2.45, 2.75) is 89.1 Å². The van der Waals surface area contributed by atoms with Gasteiger partial charge in [0.1, 0.15) is 36.1 Å². The maximum absolute atomic E-state index is 14.3. The number of aromatic amines is 2. The number of fused-ring (bicyclic) bond motifs is 6. The van der Waals surface area contributed by atoms with Crippen LogP contribution in [0.4, 0.5) is 9.59 Å². The van der Waals surface area contributed by atoms with Crippen LogP contribution in [0.1, 0.15) is 80.9 Å². The number of carbonyl (C=O) groups excluding carboxylic acids is 3. The van der Waals surface area contributed by atoms with Crippen LogP contribution < -0.4 is 15.4 Å². The average molecular weight is 1020 g/mol. The number of rotatable bonds is 14. The van der Waals surface area contributed by atoms with Crippen LogP contribution in [0.15, 0.2) is 79.0 Å². The normalized spacial score (nSPS) is 19.6. The van der Waals surface area contributed by atoms with E-state index in [2.05, 4.69) is 44.9 Å². The Labute approximate surface area is 423 Å². The minimum atomic E-state index is -2.27. The smallest absolute Gasteiger partial charge is 0.407 e. The molecule has 2 fully saturated rings. The molecule has 2 aromatic heterocycles. The lowest BCUT2D eigenvalue weighted by Gasteiger charge is -2.32. The molecule has 0 saturated carbocycles. The van der Waals surface area contributed by atoms with Crippen molar-refractivity contribution in [1.82, 2.24) is 40.4 Å². The van der Waals surface area contributed by atoms with E-state index in [9.17, 15) is 33.9 Å². The number of aliphatic hydroxyl groups is 2. The maximum Gasteiger partial charge on any atom is 0.407 e. The number of carboxylic acids is 2. The molecule has 6 aromatic rings. The van der Waals surface area contributed by atoms with Crippen LogP contribution in [0.25, 0.3) is 44.2 Å². The highest BCUT2D eigenvalue weighted by Crippen LogP contribution is 2.44. The fourth-order valence-electron chi connectivity index (χ4n) is 10.0. The summed E-state index contributed by atoms with van der Waals surface area (Å²) in [5, 5.41) is 49.1. The van der Waals surface area contributed by atoms with E-state index < -0.39 is 48.4 Å². The quantitative estimate of drug-likeness (QED) is 0.0649. The Morgan fingerprint density at radius 3 is 2.23 bits per heavy atom. The Morgan fingerprint density at radius 1 is 0.838 bits per heavy atom. The van der Waals surface area contributed by atoms with Gasteiger partial charge in [0.25, 0.3) is 5.91 Å². The molecule has 0 spiro atoms. The number of ether oxygens (including phenoxy) is 3. The maximum atomic E-state index is 14.3. The molecule has 0 aliphatic carbocycles. The zero-order valence-corrected chi connectivity index (χ0v) is 41.1. The van der Waals surface area contributed by atoms with E-state index in [-0.39, 0.29) is 41.8 Å². The summed E-state index contributed by atoms with van der Waals surface area (Å²) in [6, 6.07) is 21.0. The first-order chi connectivity index (χ1) is 35.4. The number of benzene rings is 4. The summed E-state index contributed by atoms with van der Waals surface area (Å²) in [6.45, 7) is 6.92. The predicted octanol–water partition coefficient (Wildman–Crippen LogP) is 5.52. The molecule has 390 valence electrons. The molecule has 0 radical (unpaired) electrons. The molecule has 3 aliphatic rings. The van der Waals surface area contributed by atoms with Crippen LogP contribution in [-0.4, -0.2) is 143 Å². The van der Waals surface area contributed by atoms with Gasteiger partial charge in [0, 0.05) is 36.6 Å². The molecule has 2 unspecified atom stereocenters. The molecule has 8 atom stereocenters. The number of alkyl carbamates (subject to hydrolysis) is 1. The molecular formula is C52H58N8O14. The van der Waals surface area contributed by atoms with Crippen molar-refractivity contribution in [3.8, 4) is 28.1 Å². The summed E-state index contributed by atoms with van der Waals surface area (Å²) in [5.74, 6) is -2.15. The lowest BCUT2D eigenvalue weighted by atomic mass is 9.92. The average Bonchev–Trinajstić information content (AvgIpc) is 4.22. The molecule has 9 N–H and O–H groups in total. The van der Waals surface area contributed by atoms with Crippen molar-refractivity contribution < 1.29 is 68.5 Å². The number of H-pyrrole nitrogens is 2. The summed E-state index contributed by atoms with van der Waals surface area (Å²) in [7, 11) is 2.92. The first kappa shape index (κ1) is 52.2. The molecule has 22 heteroatoms. The second kappa shape index (κ2) is 22.0. The third-order valence-electron chi connectivity index (χ3n) is 13.7. The second-order valence-electron chi connectivity index (χ2n) is 19.0. The minimum absolute atomic E-state index is 0.0648. The van der Waals surface area contributed by atoms with Crippen molar-refractivity contribution in [3.63, 3.8) is 0 Å². The Morgan fingerprint density at radius 2 is 1.57 bits per heavy atom. The van der Waals surface area contributed by atoms with Crippen LogP contribution in [0.5, 0.6) is 5.75 Å². The number of aliphatic carboxylic acids is 2. The summed E-state index contributed by atoms with van der Waals surface area (Å²) in [4.78, 5) is 92.1. The van der Waals surface area contributed by atoms with Gasteiger partial charge < -0.3 is 70.1 Å². The van der Waals surface area contributed by atoms with E-state index in [1.165, 1.54) is 7.11 Å². The molecule has 5 heterocycles. The Hall–Kier alpha value is -8.08. The van der Waals surface area contributed by atoms with Crippen molar-refractivity contribution in [2.75, 3.05) is 27.4 Å². The van der Waals surface area contributed by atoms with Gasteiger partial charge in [-0.3, -0.25) is 9.59 Å². The van der Waals surface area contributed by atoms with Crippen LogP contribution >= 0.6 is 0 Å². The summed E-state index contributed by atoms with van der Waals surface area (Å²) in [6.07, 6.45) is -2.56.